The minimum absolute atomic E-state index is 0.0442. The van der Waals surface area contributed by atoms with Gasteiger partial charge >= 0.3 is 6.09 Å². The van der Waals surface area contributed by atoms with Gasteiger partial charge in [0.05, 0.1) is 6.10 Å². The van der Waals surface area contributed by atoms with Gasteiger partial charge in [-0.05, 0) is 63.8 Å². The Labute approximate surface area is 205 Å². The largest absolute Gasteiger partial charge is 0.444 e. The van der Waals surface area contributed by atoms with Gasteiger partial charge in [0.2, 0.25) is 11.8 Å². The lowest BCUT2D eigenvalue weighted by molar-refractivity contribution is -0.136. The van der Waals surface area contributed by atoms with Gasteiger partial charge in [0, 0.05) is 37.2 Å². The molecule has 3 heterocycles. The molecule has 186 valence electrons. The van der Waals surface area contributed by atoms with Crippen LogP contribution >= 0.6 is 0 Å². The third-order valence-corrected chi connectivity index (χ3v) is 6.24. The van der Waals surface area contributed by atoms with Crippen molar-refractivity contribution in [1.29, 1.82) is 0 Å². The van der Waals surface area contributed by atoms with Crippen molar-refractivity contribution in [3.8, 4) is 11.8 Å². The second-order valence-electron chi connectivity index (χ2n) is 10.1. The van der Waals surface area contributed by atoms with Crippen LogP contribution in [0.2, 0.25) is 0 Å². The second kappa shape index (κ2) is 10.1. The van der Waals surface area contributed by atoms with Crippen LogP contribution < -0.4 is 5.32 Å². The normalized spacial score (nSPS) is 20.8. The van der Waals surface area contributed by atoms with Gasteiger partial charge in [-0.2, -0.15) is 0 Å². The van der Waals surface area contributed by atoms with Crippen molar-refractivity contribution in [2.24, 2.45) is 0 Å². The summed E-state index contributed by atoms with van der Waals surface area (Å²) in [5, 5.41) is 2.31. The topological polar surface area (TPSA) is 105 Å². The van der Waals surface area contributed by atoms with Crippen LogP contribution in [0.5, 0.6) is 0 Å². The number of fused-ring (bicyclic) bond motifs is 1. The minimum atomic E-state index is -0.628. The minimum Gasteiger partial charge on any atom is -0.444 e. The van der Waals surface area contributed by atoms with Gasteiger partial charge in [-0.3, -0.25) is 19.7 Å². The van der Waals surface area contributed by atoms with Crippen molar-refractivity contribution in [2.45, 2.75) is 70.7 Å². The molecule has 9 heteroatoms. The smallest absolute Gasteiger partial charge is 0.410 e. The molecule has 2 fully saturated rings. The van der Waals surface area contributed by atoms with E-state index < -0.39 is 17.6 Å². The van der Waals surface area contributed by atoms with Crippen molar-refractivity contribution in [3.05, 3.63) is 34.9 Å². The number of amides is 4. The SMILES string of the molecule is CC(C)(C)OC(=O)N1CCC(OCC#Cc2ccc3c(c2)CN(C2CCC(=O)NC2=O)C3=O)CC1. The van der Waals surface area contributed by atoms with Gasteiger partial charge in [0.15, 0.2) is 0 Å². The predicted molar refractivity (Wildman–Crippen MR) is 126 cm³/mol. The van der Waals surface area contributed by atoms with Crippen LogP contribution in [0.3, 0.4) is 0 Å². The van der Waals surface area contributed by atoms with Crippen molar-refractivity contribution < 1.29 is 28.7 Å². The molecule has 0 aromatic heterocycles. The first kappa shape index (κ1) is 24.7. The van der Waals surface area contributed by atoms with Crippen molar-refractivity contribution in [1.82, 2.24) is 15.1 Å². The zero-order valence-electron chi connectivity index (χ0n) is 20.4. The van der Waals surface area contributed by atoms with E-state index >= 15 is 0 Å². The van der Waals surface area contributed by atoms with Gasteiger partial charge in [-0.15, -0.1) is 0 Å². The van der Waals surface area contributed by atoms with Gasteiger partial charge in [-0.1, -0.05) is 11.8 Å². The summed E-state index contributed by atoms with van der Waals surface area (Å²) in [4.78, 5) is 51.8. The highest BCUT2D eigenvalue weighted by molar-refractivity contribution is 6.05. The molecule has 0 saturated carbocycles. The Balaban J connectivity index is 1.26. The number of likely N-dealkylation sites (tertiary alicyclic amines) is 1. The van der Waals surface area contributed by atoms with Crippen LogP contribution in [-0.2, 0) is 25.6 Å². The molecule has 0 radical (unpaired) electrons. The lowest BCUT2D eigenvalue weighted by atomic mass is 10.0. The molecule has 0 spiro atoms. The number of rotatable bonds is 3. The molecule has 1 N–H and O–H groups in total. The van der Waals surface area contributed by atoms with Crippen LogP contribution in [0.25, 0.3) is 0 Å². The van der Waals surface area contributed by atoms with E-state index in [0.29, 0.717) is 31.6 Å². The van der Waals surface area contributed by atoms with E-state index in [-0.39, 0.29) is 37.0 Å². The molecule has 1 aromatic rings. The van der Waals surface area contributed by atoms with E-state index in [2.05, 4.69) is 17.2 Å². The molecule has 9 nitrogen and oxygen atoms in total. The summed E-state index contributed by atoms with van der Waals surface area (Å²) in [6, 6.07) is 4.76. The number of carbonyl (C=O) groups is 4. The monoisotopic (exact) mass is 481 g/mol. The Hall–Kier alpha value is -3.38. The molecule has 0 aliphatic carbocycles. The molecule has 4 rings (SSSR count). The molecule has 2 saturated heterocycles. The fraction of sp³-hybridized carbons (Fsp3) is 0.538. The maximum absolute atomic E-state index is 12.8. The molecular formula is C26H31N3O6. The molecule has 4 amide bonds. The number of imide groups is 1. The zero-order chi connectivity index (χ0) is 25.2. The first-order valence-corrected chi connectivity index (χ1v) is 12.0. The van der Waals surface area contributed by atoms with Crippen LogP contribution in [0.1, 0.15) is 67.9 Å². The Morgan fingerprint density at radius 3 is 2.57 bits per heavy atom. The molecule has 1 atom stereocenters. The van der Waals surface area contributed by atoms with E-state index in [1.807, 2.05) is 26.8 Å². The second-order valence-corrected chi connectivity index (χ2v) is 10.1. The highest BCUT2D eigenvalue weighted by Gasteiger charge is 2.39. The molecule has 3 aliphatic rings. The Kier molecular flexibility index (Phi) is 7.13. The molecular weight excluding hydrogens is 450 g/mol. The number of nitrogens with zero attached hydrogens (tertiary/aromatic N) is 2. The predicted octanol–water partition coefficient (Wildman–Crippen LogP) is 2.22. The maximum atomic E-state index is 12.8. The van der Waals surface area contributed by atoms with E-state index in [1.165, 1.54) is 4.90 Å². The molecule has 1 unspecified atom stereocenters. The van der Waals surface area contributed by atoms with E-state index in [1.54, 1.807) is 17.0 Å². The Bertz CT molecular complexity index is 1090. The lowest BCUT2D eigenvalue weighted by Gasteiger charge is -2.33. The van der Waals surface area contributed by atoms with Gasteiger partial charge in [0.25, 0.3) is 5.91 Å². The average Bonchev–Trinajstić information content (AvgIpc) is 3.11. The number of hydrogen-bond acceptors (Lipinski definition) is 6. The van der Waals surface area contributed by atoms with Gasteiger partial charge in [-0.25, -0.2) is 4.79 Å². The standard InChI is InChI=1S/C26H31N3O6/c1-26(2,3)35-25(33)28-12-10-19(11-13-28)34-14-4-5-17-6-7-20-18(15-17)16-29(24(20)32)21-8-9-22(30)27-23(21)31/h6-7,15,19,21H,8-14,16H2,1-3H3,(H,27,30,31). The zero-order valence-corrected chi connectivity index (χ0v) is 20.4. The molecule has 1 aromatic carbocycles. The number of benzene rings is 1. The Morgan fingerprint density at radius 2 is 1.89 bits per heavy atom. The quantitative estimate of drug-likeness (QED) is 0.524. The summed E-state index contributed by atoms with van der Waals surface area (Å²) in [7, 11) is 0. The van der Waals surface area contributed by atoms with E-state index in [0.717, 1.165) is 24.0 Å². The summed E-state index contributed by atoms with van der Waals surface area (Å²) < 4.78 is 11.3. The molecule has 0 bridgehead atoms. The van der Waals surface area contributed by atoms with Crippen LogP contribution in [0, 0.1) is 11.8 Å². The molecule has 3 aliphatic heterocycles. The van der Waals surface area contributed by atoms with Gasteiger partial charge in [0.1, 0.15) is 18.2 Å². The third-order valence-electron chi connectivity index (χ3n) is 6.24. The van der Waals surface area contributed by atoms with Crippen molar-refractivity contribution >= 4 is 23.8 Å². The number of ether oxygens (including phenoxy) is 2. The van der Waals surface area contributed by atoms with Crippen molar-refractivity contribution in [3.63, 3.8) is 0 Å². The highest BCUT2D eigenvalue weighted by atomic mass is 16.6. The first-order chi connectivity index (χ1) is 16.6. The summed E-state index contributed by atoms with van der Waals surface area (Å²) in [5.74, 6) is 5.18. The van der Waals surface area contributed by atoms with E-state index in [9.17, 15) is 19.2 Å². The van der Waals surface area contributed by atoms with E-state index in [4.69, 9.17) is 9.47 Å². The number of nitrogens with one attached hydrogen (secondary N) is 1. The van der Waals surface area contributed by atoms with Crippen molar-refractivity contribution in [2.75, 3.05) is 19.7 Å². The highest BCUT2D eigenvalue weighted by Crippen LogP contribution is 2.28. The fourth-order valence-corrected chi connectivity index (χ4v) is 4.48. The van der Waals surface area contributed by atoms with Crippen LogP contribution in [-0.4, -0.2) is 71.1 Å². The molecule has 35 heavy (non-hydrogen) atoms. The number of carbonyl (C=O) groups excluding carboxylic acids is 4. The fourth-order valence-electron chi connectivity index (χ4n) is 4.48. The summed E-state index contributed by atoms with van der Waals surface area (Å²) in [6.07, 6.45) is 1.79. The number of hydrogen-bond donors (Lipinski definition) is 1. The van der Waals surface area contributed by atoms with Gasteiger partial charge < -0.3 is 19.3 Å². The average molecular weight is 482 g/mol. The first-order valence-electron chi connectivity index (χ1n) is 12.0. The maximum Gasteiger partial charge on any atom is 0.410 e. The lowest BCUT2D eigenvalue weighted by Crippen LogP contribution is -2.52. The van der Waals surface area contributed by atoms with Crippen LogP contribution in [0.15, 0.2) is 18.2 Å². The summed E-state index contributed by atoms with van der Waals surface area (Å²) >= 11 is 0. The number of piperidine rings is 2. The summed E-state index contributed by atoms with van der Waals surface area (Å²) in [6.45, 7) is 7.34. The third kappa shape index (κ3) is 6.01. The Morgan fingerprint density at radius 1 is 1.14 bits per heavy atom. The summed E-state index contributed by atoms with van der Waals surface area (Å²) in [5.41, 5.74) is 1.65. The van der Waals surface area contributed by atoms with Crippen LogP contribution in [0.4, 0.5) is 4.79 Å².